The first-order chi connectivity index (χ1) is 9.37. The topological polar surface area (TPSA) is 21.3 Å². The average molecular weight is 293 g/mol. The lowest BCUT2D eigenvalue weighted by Crippen LogP contribution is -2.49. The second-order valence-corrected chi connectivity index (χ2v) is 5.28. The highest BCUT2D eigenvalue weighted by atomic mass is 19.3. The maximum absolute atomic E-state index is 13.9. The van der Waals surface area contributed by atoms with Crippen LogP contribution in [-0.2, 0) is 10.4 Å². The number of fused-ring (bicyclic) bond motifs is 1. The van der Waals surface area contributed by atoms with E-state index >= 15 is 0 Å². The fourth-order valence-corrected chi connectivity index (χ4v) is 3.18. The summed E-state index contributed by atoms with van der Waals surface area (Å²) in [5, 5.41) is 0. The molecule has 1 aliphatic carbocycles. The smallest absolute Gasteiger partial charge is 0.263 e. The molecule has 1 aliphatic heterocycles. The van der Waals surface area contributed by atoms with Gasteiger partial charge in [0, 0.05) is 24.3 Å². The van der Waals surface area contributed by atoms with Crippen molar-refractivity contribution in [2.24, 2.45) is 5.92 Å². The van der Waals surface area contributed by atoms with Crippen molar-refractivity contribution in [3.8, 4) is 0 Å². The van der Waals surface area contributed by atoms with E-state index in [1.54, 1.807) is 0 Å². The molecule has 0 amide bonds. The summed E-state index contributed by atoms with van der Waals surface area (Å²) in [6, 6.07) is 4.96. The molecule has 1 aromatic rings. The summed E-state index contributed by atoms with van der Waals surface area (Å²) in [7, 11) is 0. The van der Waals surface area contributed by atoms with Crippen molar-refractivity contribution in [3.05, 3.63) is 35.6 Å². The molecule has 7 heteroatoms. The third kappa shape index (κ3) is 1.83. The first kappa shape index (κ1) is 13.8. The lowest BCUT2D eigenvalue weighted by atomic mass is 9.77. The molecule has 0 radical (unpaired) electrons. The van der Waals surface area contributed by atoms with Crippen molar-refractivity contribution >= 4 is 0 Å². The molecule has 1 N–H and O–H groups in total. The van der Waals surface area contributed by atoms with E-state index < -0.39 is 48.6 Å². The van der Waals surface area contributed by atoms with E-state index in [2.05, 4.69) is 5.48 Å². The largest absolute Gasteiger partial charge is 0.297 e. The minimum absolute atomic E-state index is 0.333. The van der Waals surface area contributed by atoms with Crippen LogP contribution in [0.3, 0.4) is 0 Å². The third-order valence-electron chi connectivity index (χ3n) is 4.09. The van der Waals surface area contributed by atoms with E-state index in [0.29, 0.717) is 0 Å². The summed E-state index contributed by atoms with van der Waals surface area (Å²) in [6.45, 7) is 0. The van der Waals surface area contributed by atoms with Gasteiger partial charge in [0.15, 0.2) is 0 Å². The van der Waals surface area contributed by atoms with Crippen molar-refractivity contribution in [1.29, 1.82) is 0 Å². The maximum atomic E-state index is 13.9. The minimum Gasteiger partial charge on any atom is -0.297 e. The number of hydroxylamine groups is 1. The Morgan fingerprint density at radius 2 is 1.90 bits per heavy atom. The van der Waals surface area contributed by atoms with Gasteiger partial charge < -0.3 is 0 Å². The number of hydrogen-bond acceptors (Lipinski definition) is 2. The molecule has 0 unspecified atom stereocenters. The monoisotopic (exact) mass is 293 g/mol. The number of nitrogens with one attached hydrogen (secondary N) is 1. The van der Waals surface area contributed by atoms with Crippen LogP contribution < -0.4 is 5.48 Å². The van der Waals surface area contributed by atoms with Crippen LogP contribution in [0, 0.1) is 11.7 Å². The lowest BCUT2D eigenvalue weighted by Gasteiger charge is -2.33. The summed E-state index contributed by atoms with van der Waals surface area (Å²) >= 11 is 0. The normalized spacial score (nSPS) is 35.5. The van der Waals surface area contributed by atoms with Gasteiger partial charge in [-0.15, -0.1) is 0 Å². The summed E-state index contributed by atoms with van der Waals surface area (Å²) in [5.74, 6) is -5.10. The van der Waals surface area contributed by atoms with Crippen LogP contribution in [0.1, 0.15) is 18.4 Å². The van der Waals surface area contributed by atoms with E-state index in [4.69, 9.17) is 4.84 Å². The van der Waals surface area contributed by atoms with Crippen molar-refractivity contribution in [2.45, 2.75) is 36.8 Å². The van der Waals surface area contributed by atoms with Crippen molar-refractivity contribution < 1.29 is 26.8 Å². The molecule has 1 saturated heterocycles. The Labute approximate surface area is 111 Å². The maximum Gasteiger partial charge on any atom is 0.263 e. The van der Waals surface area contributed by atoms with Crippen molar-refractivity contribution in [2.75, 3.05) is 0 Å². The van der Waals surface area contributed by atoms with Gasteiger partial charge in [0.2, 0.25) is 0 Å². The first-order valence-corrected chi connectivity index (χ1v) is 6.20. The van der Waals surface area contributed by atoms with Crippen LogP contribution in [-0.4, -0.2) is 18.5 Å². The highest BCUT2D eigenvalue weighted by molar-refractivity contribution is 5.30. The van der Waals surface area contributed by atoms with Crippen molar-refractivity contribution in [1.82, 2.24) is 5.48 Å². The molecule has 2 aliphatic rings. The Morgan fingerprint density at radius 3 is 2.55 bits per heavy atom. The molecule has 0 aromatic heterocycles. The number of benzene rings is 1. The number of alkyl halides is 4. The molecule has 1 saturated carbocycles. The highest BCUT2D eigenvalue weighted by Gasteiger charge is 2.65. The first-order valence-electron chi connectivity index (χ1n) is 6.20. The Bertz CT molecular complexity index is 523. The van der Waals surface area contributed by atoms with Gasteiger partial charge in [0.25, 0.3) is 12.3 Å². The standard InChI is InChI=1S/C13H12F5NO/c14-9-4-2-1-3-7(9)13(11(15)16)8-5-12(17,18)6-10(8)20-19-13/h1-4,8,10-11,19H,5-6H2/t8-,10+,13+/m1/s1. The van der Waals surface area contributed by atoms with Gasteiger partial charge in [0.1, 0.15) is 11.4 Å². The zero-order valence-corrected chi connectivity index (χ0v) is 10.3. The molecule has 1 heterocycles. The fourth-order valence-electron chi connectivity index (χ4n) is 3.18. The Hall–Kier alpha value is -1.21. The van der Waals surface area contributed by atoms with E-state index in [-0.39, 0.29) is 5.56 Å². The van der Waals surface area contributed by atoms with Crippen LogP contribution in [0.15, 0.2) is 24.3 Å². The molecule has 2 nitrogen and oxygen atoms in total. The van der Waals surface area contributed by atoms with Crippen LogP contribution in [0.4, 0.5) is 22.0 Å². The van der Waals surface area contributed by atoms with E-state index in [0.717, 1.165) is 6.07 Å². The highest BCUT2D eigenvalue weighted by Crippen LogP contribution is 2.54. The zero-order chi connectivity index (χ0) is 14.5. The summed E-state index contributed by atoms with van der Waals surface area (Å²) in [5.41, 5.74) is -0.416. The van der Waals surface area contributed by atoms with Crippen LogP contribution in [0.5, 0.6) is 0 Å². The van der Waals surface area contributed by atoms with Gasteiger partial charge in [0.05, 0.1) is 6.10 Å². The van der Waals surface area contributed by atoms with Crippen LogP contribution in [0.25, 0.3) is 0 Å². The molecule has 0 spiro atoms. The van der Waals surface area contributed by atoms with Gasteiger partial charge in [-0.2, -0.15) is 5.48 Å². The molecule has 3 atom stereocenters. The van der Waals surface area contributed by atoms with Gasteiger partial charge in [-0.1, -0.05) is 18.2 Å². The quantitative estimate of drug-likeness (QED) is 0.845. The van der Waals surface area contributed by atoms with Crippen LogP contribution in [0.2, 0.25) is 0 Å². The Morgan fingerprint density at radius 1 is 1.20 bits per heavy atom. The minimum atomic E-state index is -3.07. The number of halogens is 5. The predicted molar refractivity (Wildman–Crippen MR) is 59.8 cm³/mol. The van der Waals surface area contributed by atoms with E-state index in [9.17, 15) is 22.0 Å². The van der Waals surface area contributed by atoms with Gasteiger partial charge in [-0.25, -0.2) is 22.0 Å². The molecule has 110 valence electrons. The molecule has 1 aromatic carbocycles. The SMILES string of the molecule is Fc1ccccc1[C@]1(C(F)F)NO[C@H]2CC(F)(F)C[C@H]21. The summed E-state index contributed by atoms with van der Waals surface area (Å²) in [4.78, 5) is 4.92. The molecule has 2 fully saturated rings. The van der Waals surface area contributed by atoms with Gasteiger partial charge in [-0.3, -0.25) is 4.84 Å². The number of rotatable bonds is 2. The molecular weight excluding hydrogens is 281 g/mol. The summed E-state index contributed by atoms with van der Waals surface area (Å²) in [6.07, 6.45) is -5.49. The Kier molecular flexibility index (Phi) is 3.02. The van der Waals surface area contributed by atoms with E-state index in [1.165, 1.54) is 18.2 Å². The zero-order valence-electron chi connectivity index (χ0n) is 10.3. The van der Waals surface area contributed by atoms with E-state index in [1.807, 2.05) is 0 Å². The average Bonchev–Trinajstić information content (AvgIpc) is 2.83. The third-order valence-corrected chi connectivity index (χ3v) is 4.09. The number of hydrogen-bond donors (Lipinski definition) is 1. The molecular formula is C13H12F5NO. The van der Waals surface area contributed by atoms with Crippen molar-refractivity contribution in [3.63, 3.8) is 0 Å². The van der Waals surface area contributed by atoms with Crippen LogP contribution >= 0.6 is 0 Å². The second kappa shape index (κ2) is 4.39. The lowest BCUT2D eigenvalue weighted by molar-refractivity contribution is -0.0824. The molecule has 0 bridgehead atoms. The molecule has 3 rings (SSSR count). The van der Waals surface area contributed by atoms with Gasteiger partial charge in [-0.05, 0) is 6.07 Å². The summed E-state index contributed by atoms with van der Waals surface area (Å²) < 4.78 is 68.0. The second-order valence-electron chi connectivity index (χ2n) is 5.28. The Balaban J connectivity index is 2.09. The predicted octanol–water partition coefficient (Wildman–Crippen LogP) is 3.23. The van der Waals surface area contributed by atoms with Gasteiger partial charge >= 0.3 is 0 Å². The fraction of sp³-hybridized carbons (Fsp3) is 0.538. The molecule has 20 heavy (non-hydrogen) atoms.